The summed E-state index contributed by atoms with van der Waals surface area (Å²) in [7, 11) is 0. The standard InChI is InChI=1S/C20H26N4O2.ClH/c1-12(18-23-20(26-24-18)13-6-3-2-4-7-13)22-19(25)16-10-14-8-5-9-15(11-16)17(14)21;/h2-4,6-7,12,14-17H,5,8-11,21H2,1H3,(H,22,25);1H. The molecular weight excluding hydrogens is 364 g/mol. The first kappa shape index (κ1) is 19.8. The molecule has 27 heavy (non-hydrogen) atoms. The minimum atomic E-state index is -0.279. The highest BCUT2D eigenvalue weighted by atomic mass is 35.5. The quantitative estimate of drug-likeness (QED) is 0.833. The van der Waals surface area contributed by atoms with E-state index < -0.39 is 0 Å². The summed E-state index contributed by atoms with van der Waals surface area (Å²) < 4.78 is 5.34. The van der Waals surface area contributed by atoms with Crippen molar-refractivity contribution in [3.63, 3.8) is 0 Å². The summed E-state index contributed by atoms with van der Waals surface area (Å²) in [4.78, 5) is 17.2. The molecule has 2 aliphatic rings. The lowest BCUT2D eigenvalue weighted by Crippen LogP contribution is -2.49. The molecule has 3 N–H and O–H groups in total. The van der Waals surface area contributed by atoms with Crippen molar-refractivity contribution in [2.45, 2.75) is 51.1 Å². The predicted octanol–water partition coefficient (Wildman–Crippen LogP) is 3.49. The van der Waals surface area contributed by atoms with E-state index in [1.165, 1.54) is 6.42 Å². The van der Waals surface area contributed by atoms with Crippen LogP contribution >= 0.6 is 12.4 Å². The number of fused-ring (bicyclic) bond motifs is 2. The van der Waals surface area contributed by atoms with Gasteiger partial charge in [0.2, 0.25) is 5.91 Å². The van der Waals surface area contributed by atoms with Crippen LogP contribution in [0.3, 0.4) is 0 Å². The molecule has 1 aromatic carbocycles. The minimum absolute atomic E-state index is 0. The number of nitrogens with one attached hydrogen (secondary N) is 1. The molecule has 0 aliphatic heterocycles. The van der Waals surface area contributed by atoms with Gasteiger partial charge in [0.05, 0.1) is 6.04 Å². The van der Waals surface area contributed by atoms with E-state index in [0.29, 0.717) is 23.6 Å². The number of rotatable bonds is 4. The van der Waals surface area contributed by atoms with Gasteiger partial charge in [0.25, 0.3) is 5.89 Å². The molecular formula is C20H27ClN4O2. The summed E-state index contributed by atoms with van der Waals surface area (Å²) in [6.45, 7) is 1.90. The summed E-state index contributed by atoms with van der Waals surface area (Å²) >= 11 is 0. The molecule has 1 aromatic heterocycles. The Labute approximate surface area is 165 Å². The fourth-order valence-corrected chi connectivity index (χ4v) is 4.51. The van der Waals surface area contributed by atoms with Crippen LogP contribution in [-0.4, -0.2) is 22.1 Å². The fourth-order valence-electron chi connectivity index (χ4n) is 4.51. The summed E-state index contributed by atoms with van der Waals surface area (Å²) in [5.41, 5.74) is 7.21. The van der Waals surface area contributed by atoms with Crippen LogP contribution in [0.25, 0.3) is 11.5 Å². The summed E-state index contributed by atoms with van der Waals surface area (Å²) in [5, 5.41) is 7.11. The van der Waals surface area contributed by atoms with Gasteiger partial charge in [-0.2, -0.15) is 4.98 Å². The van der Waals surface area contributed by atoms with Crippen LogP contribution in [0, 0.1) is 17.8 Å². The molecule has 3 unspecified atom stereocenters. The third kappa shape index (κ3) is 4.17. The largest absolute Gasteiger partial charge is 0.346 e. The van der Waals surface area contributed by atoms with Crippen molar-refractivity contribution < 1.29 is 9.32 Å². The Morgan fingerprint density at radius 2 is 1.89 bits per heavy atom. The van der Waals surface area contributed by atoms with Gasteiger partial charge < -0.3 is 15.6 Å². The van der Waals surface area contributed by atoms with Gasteiger partial charge in [-0.25, -0.2) is 0 Å². The molecule has 6 nitrogen and oxygen atoms in total. The normalized spacial score (nSPS) is 28.1. The lowest BCUT2D eigenvalue weighted by atomic mass is 9.65. The van der Waals surface area contributed by atoms with Gasteiger partial charge in [0.1, 0.15) is 0 Å². The molecule has 1 heterocycles. The van der Waals surface area contributed by atoms with E-state index in [1.54, 1.807) is 0 Å². The fraction of sp³-hybridized carbons (Fsp3) is 0.550. The number of benzene rings is 1. The number of halogens is 1. The SMILES string of the molecule is CC(NC(=O)C1CC2CCCC(C1)C2N)c1noc(-c2ccccc2)n1.Cl. The lowest BCUT2D eigenvalue weighted by Gasteiger charge is -2.43. The van der Waals surface area contributed by atoms with Gasteiger partial charge in [-0.15, -0.1) is 12.4 Å². The second kappa shape index (κ2) is 8.40. The van der Waals surface area contributed by atoms with E-state index in [4.69, 9.17) is 10.3 Å². The maximum Gasteiger partial charge on any atom is 0.257 e. The molecule has 0 saturated heterocycles. The Bertz CT molecular complexity index is 752. The Hall–Kier alpha value is -1.92. The summed E-state index contributed by atoms with van der Waals surface area (Å²) in [5.74, 6) is 2.09. The first-order valence-electron chi connectivity index (χ1n) is 9.57. The van der Waals surface area contributed by atoms with Crippen LogP contribution < -0.4 is 11.1 Å². The Morgan fingerprint density at radius 3 is 2.56 bits per heavy atom. The zero-order valence-electron chi connectivity index (χ0n) is 15.5. The Morgan fingerprint density at radius 1 is 1.22 bits per heavy atom. The van der Waals surface area contributed by atoms with Crippen LogP contribution in [-0.2, 0) is 4.79 Å². The van der Waals surface area contributed by atoms with Gasteiger partial charge in [0.15, 0.2) is 5.82 Å². The van der Waals surface area contributed by atoms with Crippen LogP contribution in [0.2, 0.25) is 0 Å². The van der Waals surface area contributed by atoms with E-state index >= 15 is 0 Å². The van der Waals surface area contributed by atoms with Crippen LogP contribution in [0.1, 0.15) is 50.9 Å². The number of nitrogens with two attached hydrogens (primary N) is 1. The molecule has 2 bridgehead atoms. The van der Waals surface area contributed by atoms with Gasteiger partial charge in [-0.05, 0) is 56.6 Å². The monoisotopic (exact) mass is 390 g/mol. The molecule has 1 amide bonds. The lowest BCUT2D eigenvalue weighted by molar-refractivity contribution is -0.128. The zero-order chi connectivity index (χ0) is 18.1. The van der Waals surface area contributed by atoms with Crippen LogP contribution in [0.4, 0.5) is 0 Å². The van der Waals surface area contributed by atoms with Gasteiger partial charge in [0, 0.05) is 17.5 Å². The van der Waals surface area contributed by atoms with Crippen LogP contribution in [0.5, 0.6) is 0 Å². The molecule has 3 atom stereocenters. The van der Waals surface area contributed by atoms with Crippen molar-refractivity contribution in [1.82, 2.24) is 15.5 Å². The zero-order valence-corrected chi connectivity index (χ0v) is 16.3. The second-order valence-electron chi connectivity index (χ2n) is 7.75. The molecule has 2 fully saturated rings. The number of carbonyl (C=O) groups excluding carboxylic acids is 1. The summed E-state index contributed by atoms with van der Waals surface area (Å²) in [6.07, 6.45) is 5.36. The van der Waals surface area contributed by atoms with E-state index in [0.717, 1.165) is 31.2 Å². The van der Waals surface area contributed by atoms with Gasteiger partial charge in [-0.3, -0.25) is 4.79 Å². The van der Waals surface area contributed by atoms with Crippen molar-refractivity contribution in [3.8, 4) is 11.5 Å². The topological polar surface area (TPSA) is 94.0 Å². The van der Waals surface area contributed by atoms with Crippen molar-refractivity contribution >= 4 is 18.3 Å². The van der Waals surface area contributed by atoms with E-state index in [9.17, 15) is 4.79 Å². The van der Waals surface area contributed by atoms with Crippen molar-refractivity contribution in [1.29, 1.82) is 0 Å². The van der Waals surface area contributed by atoms with E-state index in [-0.39, 0.29) is 36.3 Å². The predicted molar refractivity (Wildman–Crippen MR) is 105 cm³/mol. The van der Waals surface area contributed by atoms with Crippen molar-refractivity contribution in [2.75, 3.05) is 0 Å². The third-order valence-electron chi connectivity index (χ3n) is 5.99. The molecule has 0 radical (unpaired) electrons. The first-order chi connectivity index (χ1) is 12.6. The maximum absolute atomic E-state index is 12.8. The van der Waals surface area contributed by atoms with Crippen molar-refractivity contribution in [2.24, 2.45) is 23.5 Å². The number of hydrogen-bond donors (Lipinski definition) is 2. The minimum Gasteiger partial charge on any atom is -0.346 e. The number of amides is 1. The third-order valence-corrected chi connectivity index (χ3v) is 5.99. The van der Waals surface area contributed by atoms with E-state index in [1.807, 2.05) is 37.3 Å². The molecule has 2 aromatic rings. The summed E-state index contributed by atoms with van der Waals surface area (Å²) in [6, 6.07) is 9.63. The Balaban J connectivity index is 0.00000210. The van der Waals surface area contributed by atoms with Gasteiger partial charge >= 0.3 is 0 Å². The smallest absolute Gasteiger partial charge is 0.257 e. The highest BCUT2D eigenvalue weighted by Crippen LogP contribution is 2.42. The highest BCUT2D eigenvalue weighted by Gasteiger charge is 2.40. The van der Waals surface area contributed by atoms with Crippen LogP contribution in [0.15, 0.2) is 34.9 Å². The molecule has 2 aliphatic carbocycles. The number of carbonyl (C=O) groups is 1. The number of hydrogen-bond acceptors (Lipinski definition) is 5. The Kier molecular flexibility index (Phi) is 6.17. The first-order valence-corrected chi connectivity index (χ1v) is 9.57. The molecule has 2 saturated carbocycles. The van der Waals surface area contributed by atoms with Gasteiger partial charge in [-0.1, -0.05) is 29.8 Å². The highest BCUT2D eigenvalue weighted by molar-refractivity contribution is 5.85. The van der Waals surface area contributed by atoms with E-state index in [2.05, 4.69) is 15.5 Å². The molecule has 146 valence electrons. The van der Waals surface area contributed by atoms with Crippen molar-refractivity contribution in [3.05, 3.63) is 36.2 Å². The molecule has 7 heteroatoms. The number of aromatic nitrogens is 2. The molecule has 4 rings (SSSR count). The second-order valence-corrected chi connectivity index (χ2v) is 7.75. The molecule has 0 spiro atoms. The number of nitrogens with zero attached hydrogens (tertiary/aromatic N) is 2. The average Bonchev–Trinajstić information content (AvgIpc) is 3.12. The average molecular weight is 391 g/mol. The maximum atomic E-state index is 12.8.